The van der Waals surface area contributed by atoms with E-state index in [1.54, 1.807) is 6.08 Å². The highest BCUT2D eigenvalue weighted by molar-refractivity contribution is 5.27. The Labute approximate surface area is 78.9 Å². The summed E-state index contributed by atoms with van der Waals surface area (Å²) < 4.78 is 22.5. The van der Waals surface area contributed by atoms with Gasteiger partial charge in [-0.15, -0.1) is 0 Å². The van der Waals surface area contributed by atoms with Crippen molar-refractivity contribution >= 4 is 0 Å². The number of rotatable bonds is 1. The maximum atomic E-state index is 12.7. The first kappa shape index (κ1) is 8.98. The first-order chi connectivity index (χ1) is 6.66. The Hall–Kier alpha value is -1.59. The molecule has 0 N–H and O–H groups in total. The van der Waals surface area contributed by atoms with Crippen molar-refractivity contribution in [2.45, 2.75) is 18.8 Å². The van der Waals surface area contributed by atoms with Crippen LogP contribution in [-0.4, -0.2) is 23.9 Å². The molecule has 1 saturated heterocycles. The molecule has 1 heterocycles. The van der Waals surface area contributed by atoms with Gasteiger partial charge in [0.25, 0.3) is 6.36 Å². The van der Waals surface area contributed by atoms with Crippen molar-refractivity contribution in [3.05, 3.63) is 33.8 Å². The Morgan fingerprint density at radius 1 is 1.57 bits per heavy atom. The fraction of sp³-hybridized carbons (Fsp3) is 0.500. The van der Waals surface area contributed by atoms with Crippen LogP contribution in [0.15, 0.2) is 23.7 Å². The Balaban J connectivity index is 2.17. The zero-order valence-electron chi connectivity index (χ0n) is 7.18. The first-order valence-electron chi connectivity index (χ1n) is 4.16. The Bertz CT molecular complexity index is 325. The third-order valence-electron chi connectivity index (χ3n) is 2.03. The number of halogens is 1. The molecule has 76 valence electrons. The fourth-order valence-electron chi connectivity index (χ4n) is 1.35. The molecule has 6 heteroatoms. The molecule has 0 aromatic carbocycles. The van der Waals surface area contributed by atoms with E-state index < -0.39 is 17.3 Å². The molecule has 2 unspecified atom stereocenters. The van der Waals surface area contributed by atoms with Crippen LogP contribution < -0.4 is 0 Å². The topological polar surface area (TPSA) is 61.6 Å². The zero-order valence-corrected chi connectivity index (χ0v) is 7.18. The minimum absolute atomic E-state index is 0.136. The Morgan fingerprint density at radius 2 is 2.36 bits per heavy atom. The van der Waals surface area contributed by atoms with Crippen LogP contribution in [0, 0.1) is 10.1 Å². The van der Waals surface area contributed by atoms with E-state index in [1.807, 2.05) is 0 Å². The van der Waals surface area contributed by atoms with Gasteiger partial charge < -0.3 is 9.47 Å². The second kappa shape index (κ2) is 3.28. The molecule has 1 aliphatic carbocycles. The molecule has 0 spiro atoms. The van der Waals surface area contributed by atoms with Gasteiger partial charge >= 0.3 is 0 Å². The van der Waals surface area contributed by atoms with E-state index in [1.165, 1.54) is 6.08 Å². The van der Waals surface area contributed by atoms with Gasteiger partial charge in [-0.2, -0.15) is 4.39 Å². The first-order valence-corrected chi connectivity index (χ1v) is 4.16. The molecule has 1 fully saturated rings. The molecular weight excluding hydrogens is 193 g/mol. The van der Waals surface area contributed by atoms with Crippen LogP contribution in [0.1, 0.15) is 6.42 Å². The highest BCUT2D eigenvalue weighted by atomic mass is 19.1. The molecule has 0 saturated carbocycles. The lowest BCUT2D eigenvalue weighted by Crippen LogP contribution is -2.27. The van der Waals surface area contributed by atoms with Crippen molar-refractivity contribution in [3.63, 3.8) is 0 Å². The second-order valence-corrected chi connectivity index (χ2v) is 3.03. The fourth-order valence-corrected chi connectivity index (χ4v) is 1.35. The normalized spacial score (nSPS) is 30.4. The summed E-state index contributed by atoms with van der Waals surface area (Å²) in [6.07, 6.45) is 1.55. The number of nitrogens with zero attached hydrogens (tertiary/aromatic N) is 1. The van der Waals surface area contributed by atoms with E-state index in [-0.39, 0.29) is 18.8 Å². The molecule has 0 aromatic heterocycles. The van der Waals surface area contributed by atoms with Crippen molar-refractivity contribution in [3.8, 4) is 0 Å². The van der Waals surface area contributed by atoms with Crippen molar-refractivity contribution in [1.82, 2.24) is 0 Å². The van der Waals surface area contributed by atoms with E-state index >= 15 is 0 Å². The van der Waals surface area contributed by atoms with Gasteiger partial charge in [0.15, 0.2) is 18.1 Å². The summed E-state index contributed by atoms with van der Waals surface area (Å²) in [5.41, 5.74) is 0. The van der Waals surface area contributed by atoms with Gasteiger partial charge in [-0.1, -0.05) is 0 Å². The molecule has 0 radical (unpaired) electrons. The minimum Gasteiger partial charge on any atom is -0.483 e. The van der Waals surface area contributed by atoms with Gasteiger partial charge in [0.1, 0.15) is 0 Å². The lowest BCUT2D eigenvalue weighted by molar-refractivity contribution is -0.509. The molecule has 0 aromatic rings. The Morgan fingerprint density at radius 3 is 3.07 bits per heavy atom. The van der Waals surface area contributed by atoms with E-state index in [2.05, 4.69) is 0 Å². The quantitative estimate of drug-likeness (QED) is 0.471. The van der Waals surface area contributed by atoms with Gasteiger partial charge in [0.2, 0.25) is 6.04 Å². The standard InChI is InChI=1S/C8H8FNO4/c9-8-4-13-6-2-1-5(10(11)12)3-7(6)14-8/h2-3,5,8H,1,4H2. The number of alkyl halides is 1. The second-order valence-electron chi connectivity index (χ2n) is 3.03. The van der Waals surface area contributed by atoms with E-state index in [9.17, 15) is 14.5 Å². The smallest absolute Gasteiger partial charge is 0.272 e. The monoisotopic (exact) mass is 201 g/mol. The van der Waals surface area contributed by atoms with Gasteiger partial charge in [-0.05, 0) is 6.08 Å². The predicted octanol–water partition coefficient (Wildman–Crippen LogP) is 1.15. The van der Waals surface area contributed by atoms with Crippen molar-refractivity contribution in [1.29, 1.82) is 0 Å². The zero-order chi connectivity index (χ0) is 10.1. The van der Waals surface area contributed by atoms with Crippen LogP contribution >= 0.6 is 0 Å². The average molecular weight is 201 g/mol. The van der Waals surface area contributed by atoms with E-state index in [0.29, 0.717) is 5.76 Å². The van der Waals surface area contributed by atoms with Crippen molar-refractivity contribution in [2.24, 2.45) is 0 Å². The molecule has 14 heavy (non-hydrogen) atoms. The number of fused-ring (bicyclic) bond motifs is 1. The van der Waals surface area contributed by atoms with Crippen LogP contribution in [0.2, 0.25) is 0 Å². The lowest BCUT2D eigenvalue weighted by Gasteiger charge is -2.25. The largest absolute Gasteiger partial charge is 0.483 e. The average Bonchev–Trinajstić information content (AvgIpc) is 2.16. The van der Waals surface area contributed by atoms with Crippen LogP contribution in [0.3, 0.4) is 0 Å². The molecule has 2 aliphatic rings. The molecule has 2 atom stereocenters. The van der Waals surface area contributed by atoms with Crippen LogP contribution in [0.4, 0.5) is 4.39 Å². The van der Waals surface area contributed by atoms with Gasteiger partial charge in [-0.25, -0.2) is 0 Å². The summed E-state index contributed by atoms with van der Waals surface area (Å²) in [6.45, 7) is -0.160. The lowest BCUT2D eigenvalue weighted by atomic mass is 10.1. The maximum absolute atomic E-state index is 12.7. The third-order valence-corrected chi connectivity index (χ3v) is 2.03. The van der Waals surface area contributed by atoms with Crippen LogP contribution in [0.25, 0.3) is 0 Å². The third kappa shape index (κ3) is 1.55. The van der Waals surface area contributed by atoms with E-state index in [0.717, 1.165) is 0 Å². The highest BCUT2D eigenvalue weighted by Crippen LogP contribution is 2.27. The number of nitro groups is 1. The predicted molar refractivity (Wildman–Crippen MR) is 43.5 cm³/mol. The van der Waals surface area contributed by atoms with Crippen molar-refractivity contribution in [2.75, 3.05) is 6.61 Å². The van der Waals surface area contributed by atoms with Gasteiger partial charge in [0, 0.05) is 17.4 Å². The minimum atomic E-state index is -1.54. The SMILES string of the molecule is O=[N+]([O-])C1C=C2OC(F)COC2=CC1. The molecule has 0 amide bonds. The molecule has 1 aliphatic heterocycles. The van der Waals surface area contributed by atoms with Gasteiger partial charge in [0.05, 0.1) is 0 Å². The van der Waals surface area contributed by atoms with Crippen LogP contribution in [-0.2, 0) is 9.47 Å². The van der Waals surface area contributed by atoms with E-state index in [4.69, 9.17) is 9.47 Å². The molecule has 5 nitrogen and oxygen atoms in total. The number of ether oxygens (including phenoxy) is 2. The maximum Gasteiger partial charge on any atom is 0.272 e. The summed E-state index contributed by atoms with van der Waals surface area (Å²) in [6, 6.07) is -0.845. The van der Waals surface area contributed by atoms with Crippen molar-refractivity contribution < 1.29 is 18.8 Å². The van der Waals surface area contributed by atoms with Gasteiger partial charge in [-0.3, -0.25) is 10.1 Å². The summed E-state index contributed by atoms with van der Waals surface area (Å²) >= 11 is 0. The summed E-state index contributed by atoms with van der Waals surface area (Å²) in [5, 5.41) is 10.5. The summed E-state index contributed by atoms with van der Waals surface area (Å²) in [4.78, 5) is 10.0. The highest BCUT2D eigenvalue weighted by Gasteiger charge is 2.30. The summed E-state index contributed by atoms with van der Waals surface area (Å²) in [5.74, 6) is 0.536. The molecule has 0 bridgehead atoms. The summed E-state index contributed by atoms with van der Waals surface area (Å²) in [7, 11) is 0. The van der Waals surface area contributed by atoms with Crippen LogP contribution in [0.5, 0.6) is 0 Å². The number of hydrogen-bond acceptors (Lipinski definition) is 4. The molecular formula is C8H8FNO4. The number of hydrogen-bond donors (Lipinski definition) is 0. The molecule has 2 rings (SSSR count). The Kier molecular flexibility index (Phi) is 2.11.